The van der Waals surface area contributed by atoms with E-state index in [1.807, 2.05) is 6.92 Å². The van der Waals surface area contributed by atoms with Gasteiger partial charge in [0.25, 0.3) is 0 Å². The lowest BCUT2D eigenvalue weighted by molar-refractivity contribution is 0.108. The monoisotopic (exact) mass is 529 g/mol. The molecule has 198 valence electrons. The highest BCUT2D eigenvalue weighted by atomic mass is 35.5. The van der Waals surface area contributed by atoms with Crippen molar-refractivity contribution in [3.8, 4) is 28.4 Å². The van der Waals surface area contributed by atoms with Gasteiger partial charge in [0.2, 0.25) is 0 Å². The number of benzene rings is 1. The summed E-state index contributed by atoms with van der Waals surface area (Å²) in [5.41, 5.74) is 2.31. The molecule has 1 saturated heterocycles. The zero-order valence-corrected chi connectivity index (χ0v) is 22.2. The second-order valence-electron chi connectivity index (χ2n) is 10.3. The Labute approximate surface area is 221 Å². The Bertz CT molecular complexity index is 1250. The first kappa shape index (κ1) is 25.9. The van der Waals surface area contributed by atoms with Crippen molar-refractivity contribution in [2.24, 2.45) is 5.41 Å². The first-order valence-corrected chi connectivity index (χ1v) is 13.2. The van der Waals surface area contributed by atoms with Crippen molar-refractivity contribution in [2.45, 2.75) is 52.1 Å². The third-order valence-electron chi connectivity index (χ3n) is 7.43. The summed E-state index contributed by atoms with van der Waals surface area (Å²) in [5, 5.41) is 17.4. The lowest BCUT2D eigenvalue weighted by Crippen LogP contribution is -2.57. The van der Waals surface area contributed by atoms with Gasteiger partial charge in [-0.2, -0.15) is 0 Å². The number of aromatic nitrogens is 3. The molecule has 2 aromatic heterocycles. The molecule has 1 spiro atoms. The Morgan fingerprint density at radius 3 is 2.65 bits per heavy atom. The molecule has 0 amide bonds. The van der Waals surface area contributed by atoms with Crippen LogP contribution in [-0.2, 0) is 0 Å². The summed E-state index contributed by atoms with van der Waals surface area (Å²) in [6.07, 6.45) is 5.53. The summed E-state index contributed by atoms with van der Waals surface area (Å²) in [4.78, 5) is 11.7. The number of likely N-dealkylation sites (N-methyl/N-ethyl adjacent to an activating group) is 1. The fourth-order valence-corrected chi connectivity index (χ4v) is 5.83. The van der Waals surface area contributed by atoms with E-state index in [0.29, 0.717) is 51.3 Å². The van der Waals surface area contributed by atoms with Crippen LogP contribution in [0.5, 0.6) is 5.75 Å². The molecule has 1 atom stereocenters. The molecule has 0 radical (unpaired) electrons. The van der Waals surface area contributed by atoms with Crippen molar-refractivity contribution in [1.82, 2.24) is 20.4 Å². The number of rotatable bonds is 8. The van der Waals surface area contributed by atoms with Crippen LogP contribution in [-0.4, -0.2) is 59.6 Å². The molecule has 3 aromatic rings. The van der Waals surface area contributed by atoms with Gasteiger partial charge in [0.05, 0.1) is 16.8 Å². The van der Waals surface area contributed by atoms with Crippen molar-refractivity contribution >= 4 is 17.4 Å². The zero-order chi connectivity index (χ0) is 26.2. The predicted octanol–water partition coefficient (Wildman–Crippen LogP) is 4.94. The van der Waals surface area contributed by atoms with Gasteiger partial charge in [-0.1, -0.05) is 36.0 Å². The van der Waals surface area contributed by atoms with Crippen molar-refractivity contribution < 1.29 is 18.8 Å². The van der Waals surface area contributed by atoms with Crippen LogP contribution in [0.4, 0.5) is 10.2 Å². The fourth-order valence-electron chi connectivity index (χ4n) is 5.54. The normalized spacial score (nSPS) is 17.6. The largest absolute Gasteiger partial charge is 0.491 e. The van der Waals surface area contributed by atoms with E-state index in [4.69, 9.17) is 30.8 Å². The number of nitrogens with zero attached hydrogens (tertiary/aromatic N) is 4. The maximum absolute atomic E-state index is 15.2. The second kappa shape index (κ2) is 10.6. The van der Waals surface area contributed by atoms with E-state index in [1.165, 1.54) is 44.2 Å². The number of nitrogens with one attached hydrogen (secondary N) is 1. The van der Waals surface area contributed by atoms with E-state index in [9.17, 15) is 5.11 Å². The highest BCUT2D eigenvalue weighted by Crippen LogP contribution is 2.48. The summed E-state index contributed by atoms with van der Waals surface area (Å²) in [5.74, 6) is 1.31. The summed E-state index contributed by atoms with van der Waals surface area (Å²) >= 11 is 6.94. The third kappa shape index (κ3) is 5.17. The third-order valence-corrected chi connectivity index (χ3v) is 7.78. The van der Waals surface area contributed by atoms with Crippen molar-refractivity contribution in [2.75, 3.05) is 38.2 Å². The minimum Gasteiger partial charge on any atom is -0.491 e. The Hall–Kier alpha value is -2.75. The van der Waals surface area contributed by atoms with Gasteiger partial charge in [-0.15, -0.1) is 0 Å². The van der Waals surface area contributed by atoms with Crippen LogP contribution in [0.25, 0.3) is 22.6 Å². The molecule has 1 aromatic carbocycles. The van der Waals surface area contributed by atoms with Crippen molar-refractivity contribution in [1.29, 1.82) is 0 Å². The Morgan fingerprint density at radius 1 is 1.22 bits per heavy atom. The summed E-state index contributed by atoms with van der Waals surface area (Å²) in [6, 6.07) is 4.41. The number of aryl methyl sites for hydroxylation is 2. The molecular formula is C27H33ClFN5O3. The van der Waals surface area contributed by atoms with E-state index < -0.39 is 11.9 Å². The van der Waals surface area contributed by atoms with Crippen LogP contribution in [0, 0.1) is 25.1 Å². The minimum absolute atomic E-state index is 0.0683. The van der Waals surface area contributed by atoms with E-state index in [1.54, 1.807) is 20.0 Å². The maximum Gasteiger partial charge on any atom is 0.165 e. The molecule has 3 heterocycles. The molecule has 10 heteroatoms. The first-order valence-electron chi connectivity index (χ1n) is 12.8. The van der Waals surface area contributed by atoms with E-state index >= 15 is 4.39 Å². The average Bonchev–Trinajstić information content (AvgIpc) is 3.20. The summed E-state index contributed by atoms with van der Waals surface area (Å²) in [7, 11) is 1.75. The van der Waals surface area contributed by atoms with Crippen molar-refractivity contribution in [3.05, 3.63) is 40.5 Å². The number of aliphatic hydroxyl groups is 1. The van der Waals surface area contributed by atoms with E-state index in [2.05, 4.69) is 15.4 Å². The molecule has 2 aliphatic rings. The van der Waals surface area contributed by atoms with Crippen LogP contribution in [0.1, 0.15) is 43.6 Å². The highest BCUT2D eigenvalue weighted by molar-refractivity contribution is 6.35. The molecule has 5 rings (SSSR count). The number of halogens is 2. The standard InChI is InChI=1S/C27H33ClFN5O3/c1-16-22(17(2)37-33-16)24-23(28)26(34-14-27(15-34)9-5-4-6-10-27)32-25(31-24)20-11-19(7-8-21(20)29)36-13-18(35)12-30-3/h7-8,11,18,30,35H,4-6,9-10,12-15H2,1-3H3/t18-/m1/s1. The number of anilines is 1. The predicted molar refractivity (Wildman–Crippen MR) is 141 cm³/mol. The van der Waals surface area contributed by atoms with Gasteiger partial charge in [0, 0.05) is 25.0 Å². The van der Waals surface area contributed by atoms with Gasteiger partial charge >= 0.3 is 0 Å². The Morgan fingerprint density at radius 2 is 1.97 bits per heavy atom. The molecule has 0 unspecified atom stereocenters. The van der Waals surface area contributed by atoms with Crippen LogP contribution in [0.3, 0.4) is 0 Å². The van der Waals surface area contributed by atoms with Crippen LogP contribution >= 0.6 is 11.6 Å². The lowest BCUT2D eigenvalue weighted by Gasteiger charge is -2.53. The van der Waals surface area contributed by atoms with Crippen LogP contribution in [0.2, 0.25) is 5.02 Å². The van der Waals surface area contributed by atoms with Gasteiger partial charge in [0.15, 0.2) is 11.6 Å². The van der Waals surface area contributed by atoms with Gasteiger partial charge in [-0.25, -0.2) is 14.4 Å². The minimum atomic E-state index is -0.693. The Balaban J connectivity index is 1.54. The molecule has 8 nitrogen and oxygen atoms in total. The molecule has 1 saturated carbocycles. The first-order chi connectivity index (χ1) is 17.8. The molecular weight excluding hydrogens is 497 g/mol. The van der Waals surface area contributed by atoms with E-state index in [-0.39, 0.29) is 18.0 Å². The molecule has 0 bridgehead atoms. The number of hydrogen-bond acceptors (Lipinski definition) is 8. The fraction of sp³-hybridized carbons (Fsp3) is 0.519. The van der Waals surface area contributed by atoms with Crippen molar-refractivity contribution in [3.63, 3.8) is 0 Å². The molecule has 1 aliphatic heterocycles. The molecule has 37 heavy (non-hydrogen) atoms. The second-order valence-corrected chi connectivity index (χ2v) is 10.7. The maximum atomic E-state index is 15.2. The number of hydrogen-bond donors (Lipinski definition) is 2. The SMILES string of the molecule is CNC[C@@H](O)COc1ccc(F)c(-c2nc(-c3c(C)noc3C)c(Cl)c(N3CC4(CCCCC4)C3)n2)c1. The number of ether oxygens (including phenoxy) is 1. The summed E-state index contributed by atoms with van der Waals surface area (Å²) < 4.78 is 26.3. The van der Waals surface area contributed by atoms with Gasteiger partial charge in [-0.3, -0.25) is 0 Å². The zero-order valence-electron chi connectivity index (χ0n) is 21.5. The topological polar surface area (TPSA) is 96.5 Å². The quantitative estimate of drug-likeness (QED) is 0.423. The Kier molecular flexibility index (Phi) is 7.38. The molecule has 2 fully saturated rings. The lowest BCUT2D eigenvalue weighted by atomic mass is 9.68. The van der Waals surface area contributed by atoms with Gasteiger partial charge in [-0.05, 0) is 51.9 Å². The summed E-state index contributed by atoms with van der Waals surface area (Å²) in [6.45, 7) is 5.84. The average molecular weight is 530 g/mol. The molecule has 2 N–H and O–H groups in total. The molecule has 1 aliphatic carbocycles. The number of aliphatic hydroxyl groups excluding tert-OH is 1. The highest BCUT2D eigenvalue weighted by Gasteiger charge is 2.45. The smallest absolute Gasteiger partial charge is 0.165 e. The van der Waals surface area contributed by atoms with Gasteiger partial charge in [0.1, 0.15) is 40.8 Å². The van der Waals surface area contributed by atoms with Gasteiger partial charge < -0.3 is 24.6 Å². The van der Waals surface area contributed by atoms with Crippen LogP contribution < -0.4 is 15.0 Å². The van der Waals surface area contributed by atoms with E-state index in [0.717, 1.165) is 13.1 Å². The van der Waals surface area contributed by atoms with Crippen LogP contribution in [0.15, 0.2) is 22.7 Å².